The fourth-order valence-corrected chi connectivity index (χ4v) is 2.08. The van der Waals surface area contributed by atoms with Crippen molar-refractivity contribution >= 4 is 40.8 Å². The number of carbonyl (C=O) groups excluding carboxylic acids is 1. The molecule has 0 aromatic heterocycles. The van der Waals surface area contributed by atoms with E-state index in [0.717, 1.165) is 0 Å². The zero-order chi connectivity index (χ0) is 15.3. The van der Waals surface area contributed by atoms with Crippen molar-refractivity contribution in [1.29, 1.82) is 0 Å². The Bertz CT molecular complexity index is 508. The van der Waals surface area contributed by atoms with Crippen LogP contribution >= 0.6 is 23.2 Å². The lowest BCUT2D eigenvalue weighted by Gasteiger charge is -2.22. The van der Waals surface area contributed by atoms with E-state index in [0.29, 0.717) is 22.2 Å². The minimum atomic E-state index is -0.947. The van der Waals surface area contributed by atoms with Gasteiger partial charge in [-0.05, 0) is 31.7 Å². The number of halogens is 2. The van der Waals surface area contributed by atoms with E-state index < -0.39 is 12.0 Å². The fourth-order valence-electron chi connectivity index (χ4n) is 1.79. The summed E-state index contributed by atoms with van der Waals surface area (Å²) < 4.78 is 0. The maximum atomic E-state index is 11.8. The molecule has 0 bridgehead atoms. The maximum absolute atomic E-state index is 11.8. The van der Waals surface area contributed by atoms with Crippen molar-refractivity contribution in [2.45, 2.75) is 19.4 Å². The lowest BCUT2D eigenvalue weighted by Crippen LogP contribution is -2.42. The molecule has 1 aromatic rings. The van der Waals surface area contributed by atoms with Crippen LogP contribution in [0.2, 0.25) is 10.0 Å². The lowest BCUT2D eigenvalue weighted by molar-refractivity contribution is -0.143. The number of nitrogens with zero attached hydrogens (tertiary/aromatic N) is 1. The SMILES string of the molecule is CCC(C(=O)O)N(C)CC(=O)Nc1ccc(Cl)c(Cl)c1. The molecule has 0 radical (unpaired) electrons. The number of benzene rings is 1. The molecule has 110 valence electrons. The highest BCUT2D eigenvalue weighted by atomic mass is 35.5. The number of carboxylic acids is 1. The van der Waals surface area contributed by atoms with E-state index in [-0.39, 0.29) is 12.5 Å². The van der Waals surface area contributed by atoms with Crippen molar-refractivity contribution in [3.05, 3.63) is 28.2 Å². The van der Waals surface area contributed by atoms with Gasteiger partial charge in [0.2, 0.25) is 5.91 Å². The van der Waals surface area contributed by atoms with E-state index in [1.165, 1.54) is 11.0 Å². The molecule has 0 aliphatic carbocycles. The van der Waals surface area contributed by atoms with Gasteiger partial charge >= 0.3 is 5.97 Å². The number of rotatable bonds is 6. The summed E-state index contributed by atoms with van der Waals surface area (Å²) in [5.41, 5.74) is 0.515. The number of hydrogen-bond acceptors (Lipinski definition) is 3. The minimum absolute atomic E-state index is 0.0228. The van der Waals surface area contributed by atoms with Crippen LogP contribution in [0.3, 0.4) is 0 Å². The monoisotopic (exact) mass is 318 g/mol. The standard InChI is InChI=1S/C13H16Cl2N2O3/c1-3-11(13(19)20)17(2)7-12(18)16-8-4-5-9(14)10(15)6-8/h4-6,11H,3,7H2,1-2H3,(H,16,18)(H,19,20). The number of aliphatic carboxylic acids is 1. The van der Waals surface area contributed by atoms with Crippen LogP contribution in [0.15, 0.2) is 18.2 Å². The number of hydrogen-bond donors (Lipinski definition) is 2. The Kier molecular flexibility index (Phi) is 6.26. The largest absolute Gasteiger partial charge is 0.480 e. The molecule has 0 saturated heterocycles. The predicted octanol–water partition coefficient (Wildman–Crippen LogP) is 2.73. The van der Waals surface area contributed by atoms with Gasteiger partial charge < -0.3 is 10.4 Å². The molecule has 1 aromatic carbocycles. The third-order valence-corrected chi connectivity index (χ3v) is 3.54. The van der Waals surface area contributed by atoms with Gasteiger partial charge in [-0.3, -0.25) is 14.5 Å². The average molecular weight is 319 g/mol. The second-order valence-corrected chi connectivity index (χ2v) is 5.17. The minimum Gasteiger partial charge on any atom is -0.480 e. The van der Waals surface area contributed by atoms with E-state index in [9.17, 15) is 9.59 Å². The van der Waals surface area contributed by atoms with E-state index in [1.54, 1.807) is 26.1 Å². The highest BCUT2D eigenvalue weighted by Crippen LogP contribution is 2.24. The zero-order valence-electron chi connectivity index (χ0n) is 11.2. The van der Waals surface area contributed by atoms with Gasteiger partial charge in [-0.2, -0.15) is 0 Å². The molecule has 1 unspecified atom stereocenters. The van der Waals surface area contributed by atoms with Crippen LogP contribution in [-0.4, -0.2) is 41.5 Å². The molecule has 1 rings (SSSR count). The molecule has 20 heavy (non-hydrogen) atoms. The van der Waals surface area contributed by atoms with Gasteiger partial charge in [0, 0.05) is 5.69 Å². The van der Waals surface area contributed by atoms with Crippen molar-refractivity contribution in [3.63, 3.8) is 0 Å². The van der Waals surface area contributed by atoms with Gasteiger partial charge in [0.05, 0.1) is 16.6 Å². The summed E-state index contributed by atoms with van der Waals surface area (Å²) >= 11 is 11.6. The first-order chi connectivity index (χ1) is 9.35. The van der Waals surface area contributed by atoms with Gasteiger partial charge in [-0.25, -0.2) is 0 Å². The first kappa shape index (κ1) is 16.8. The summed E-state index contributed by atoms with van der Waals surface area (Å²) in [5, 5.41) is 12.4. The molecular weight excluding hydrogens is 303 g/mol. The molecule has 1 atom stereocenters. The van der Waals surface area contributed by atoms with Gasteiger partial charge in [-0.1, -0.05) is 30.1 Å². The molecule has 1 amide bonds. The Morgan fingerprint density at radius 3 is 2.50 bits per heavy atom. The second-order valence-electron chi connectivity index (χ2n) is 4.35. The van der Waals surface area contributed by atoms with Crippen LogP contribution in [-0.2, 0) is 9.59 Å². The summed E-state index contributed by atoms with van der Waals surface area (Å²) in [4.78, 5) is 24.3. The van der Waals surface area contributed by atoms with E-state index in [1.807, 2.05) is 0 Å². The maximum Gasteiger partial charge on any atom is 0.320 e. The van der Waals surface area contributed by atoms with Crippen LogP contribution in [0.4, 0.5) is 5.69 Å². The summed E-state index contributed by atoms with van der Waals surface area (Å²) in [5.74, 6) is -1.26. The van der Waals surface area contributed by atoms with Crippen LogP contribution in [0.25, 0.3) is 0 Å². The molecule has 0 spiro atoms. The van der Waals surface area contributed by atoms with Crippen molar-refractivity contribution in [3.8, 4) is 0 Å². The van der Waals surface area contributed by atoms with E-state index in [4.69, 9.17) is 28.3 Å². The summed E-state index contributed by atoms with van der Waals surface area (Å²) in [6.07, 6.45) is 0.423. The normalized spacial score (nSPS) is 12.2. The number of likely N-dealkylation sites (N-methyl/N-ethyl adjacent to an activating group) is 1. The Balaban J connectivity index is 2.63. The van der Waals surface area contributed by atoms with Gasteiger partial charge in [0.1, 0.15) is 6.04 Å². The molecule has 0 aliphatic rings. The van der Waals surface area contributed by atoms with Gasteiger partial charge in [0.25, 0.3) is 0 Å². The number of anilines is 1. The number of nitrogens with one attached hydrogen (secondary N) is 1. The molecule has 0 fully saturated rings. The Morgan fingerprint density at radius 1 is 1.35 bits per heavy atom. The average Bonchev–Trinajstić information content (AvgIpc) is 2.34. The van der Waals surface area contributed by atoms with E-state index >= 15 is 0 Å². The van der Waals surface area contributed by atoms with Crippen LogP contribution in [0, 0.1) is 0 Å². The quantitative estimate of drug-likeness (QED) is 0.846. The van der Waals surface area contributed by atoms with Crippen molar-refractivity contribution < 1.29 is 14.7 Å². The molecule has 0 aliphatic heterocycles. The third kappa shape index (κ3) is 4.67. The zero-order valence-corrected chi connectivity index (χ0v) is 12.7. The Hall–Kier alpha value is -1.30. The summed E-state index contributed by atoms with van der Waals surface area (Å²) in [7, 11) is 1.59. The lowest BCUT2D eigenvalue weighted by atomic mass is 10.2. The molecule has 5 nitrogen and oxygen atoms in total. The molecule has 0 saturated carbocycles. The highest BCUT2D eigenvalue weighted by molar-refractivity contribution is 6.42. The number of carbonyl (C=O) groups is 2. The second kappa shape index (κ2) is 7.47. The molecule has 0 heterocycles. The number of carboxylic acid groups (broad SMARTS) is 1. The first-order valence-corrected chi connectivity index (χ1v) is 6.78. The first-order valence-electron chi connectivity index (χ1n) is 6.03. The van der Waals surface area contributed by atoms with Crippen LogP contribution < -0.4 is 5.32 Å². The molecular formula is C13H16Cl2N2O3. The summed E-state index contributed by atoms with van der Waals surface area (Å²) in [6, 6.07) is 4.06. The van der Waals surface area contributed by atoms with Crippen molar-refractivity contribution in [1.82, 2.24) is 4.90 Å². The predicted molar refractivity (Wildman–Crippen MR) is 79.4 cm³/mol. The van der Waals surface area contributed by atoms with E-state index in [2.05, 4.69) is 5.32 Å². The van der Waals surface area contributed by atoms with Gasteiger partial charge in [0.15, 0.2) is 0 Å². The smallest absolute Gasteiger partial charge is 0.320 e. The van der Waals surface area contributed by atoms with Crippen molar-refractivity contribution in [2.24, 2.45) is 0 Å². The fraction of sp³-hybridized carbons (Fsp3) is 0.385. The molecule has 7 heteroatoms. The van der Waals surface area contributed by atoms with Crippen LogP contribution in [0.1, 0.15) is 13.3 Å². The third-order valence-electron chi connectivity index (χ3n) is 2.80. The number of amides is 1. The Labute approximate surface area is 127 Å². The Morgan fingerprint density at radius 2 is 2.00 bits per heavy atom. The summed E-state index contributed by atoms with van der Waals surface area (Å²) in [6.45, 7) is 1.73. The van der Waals surface area contributed by atoms with Crippen molar-refractivity contribution in [2.75, 3.05) is 18.9 Å². The molecule has 2 N–H and O–H groups in total. The topological polar surface area (TPSA) is 69.6 Å². The highest BCUT2D eigenvalue weighted by Gasteiger charge is 2.22. The van der Waals surface area contributed by atoms with Gasteiger partial charge in [-0.15, -0.1) is 0 Å². The van der Waals surface area contributed by atoms with Crippen LogP contribution in [0.5, 0.6) is 0 Å².